The Morgan fingerprint density at radius 3 is 3.00 bits per heavy atom. The van der Waals surface area contributed by atoms with E-state index in [2.05, 4.69) is 10.6 Å². The molecule has 0 N–H and O–H groups in total. The molecule has 3 rings (SSSR count). The maximum Gasteiger partial charge on any atom is 0.341 e. The van der Waals surface area contributed by atoms with Gasteiger partial charge in [0.1, 0.15) is 0 Å². The molecule has 0 saturated carbocycles. The Labute approximate surface area is 87.7 Å². The normalized spacial score (nSPS) is 18.3. The minimum Gasteiger partial charge on any atom is -0.420 e. The van der Waals surface area contributed by atoms with Gasteiger partial charge in [0.25, 0.3) is 0 Å². The summed E-state index contributed by atoms with van der Waals surface area (Å²) in [5, 5.41) is 2.24. The Morgan fingerprint density at radius 1 is 1.40 bits per heavy atom. The number of esters is 1. The van der Waals surface area contributed by atoms with Crippen LogP contribution >= 0.6 is 0 Å². The summed E-state index contributed by atoms with van der Waals surface area (Å²) in [7, 11) is 0. The van der Waals surface area contributed by atoms with Gasteiger partial charge in [0.15, 0.2) is 5.75 Å². The van der Waals surface area contributed by atoms with Crippen molar-refractivity contribution in [2.75, 3.05) is 0 Å². The van der Waals surface area contributed by atoms with Gasteiger partial charge in [-0.1, -0.05) is 6.08 Å². The number of nitrogens with zero attached hydrogens (tertiary/aromatic N) is 1. The van der Waals surface area contributed by atoms with E-state index in [4.69, 9.17) is 4.74 Å². The topological polar surface area (TPSA) is 31.2 Å². The van der Waals surface area contributed by atoms with Gasteiger partial charge in [0.2, 0.25) is 0 Å². The van der Waals surface area contributed by atoms with Crippen molar-refractivity contribution in [3.05, 3.63) is 16.3 Å². The predicted molar refractivity (Wildman–Crippen MR) is 56.8 cm³/mol. The van der Waals surface area contributed by atoms with E-state index >= 15 is 0 Å². The van der Waals surface area contributed by atoms with E-state index < -0.39 is 0 Å². The van der Waals surface area contributed by atoms with E-state index in [-0.39, 0.29) is 5.97 Å². The van der Waals surface area contributed by atoms with Gasteiger partial charge in [0.05, 0.1) is 10.9 Å². The first kappa shape index (κ1) is 8.77. The fourth-order valence-electron chi connectivity index (χ4n) is 2.49. The lowest BCUT2D eigenvalue weighted by atomic mass is 10.2. The zero-order valence-electron chi connectivity index (χ0n) is 8.96. The van der Waals surface area contributed by atoms with Crippen molar-refractivity contribution in [1.82, 2.24) is 4.57 Å². The van der Waals surface area contributed by atoms with Crippen LogP contribution in [-0.4, -0.2) is 10.5 Å². The zero-order chi connectivity index (χ0) is 10.6. The molecule has 0 unspecified atom stereocenters. The highest BCUT2D eigenvalue weighted by Crippen LogP contribution is 2.19. The number of rotatable bonds is 0. The number of hydrogen-bond acceptors (Lipinski definition) is 2. The molecule has 1 aromatic heterocycles. The number of hydrogen-bond donors (Lipinski definition) is 0. The molecule has 0 aliphatic carbocycles. The SMILES string of the molecule is CC1=c2c(c(C)c3n2CCCC=3)OC1=O. The standard InChI is InChI=1S/C12H13NO2/c1-7-9-5-3-4-6-13(9)10-8(2)12(14)15-11(7)10/h5H,3-4,6H2,1-2H3. The summed E-state index contributed by atoms with van der Waals surface area (Å²) in [5.74, 6) is 0.592. The fraction of sp³-hybridized carbons (Fsp3) is 0.417. The molecule has 0 saturated heterocycles. The van der Waals surface area contributed by atoms with E-state index in [1.54, 1.807) is 0 Å². The maximum atomic E-state index is 11.4. The molecule has 15 heavy (non-hydrogen) atoms. The molecule has 1 aromatic rings. The number of carbonyl (C=O) groups excluding carboxylic acids is 1. The molecule has 0 fully saturated rings. The highest BCUT2D eigenvalue weighted by atomic mass is 16.5. The van der Waals surface area contributed by atoms with Gasteiger partial charge in [-0.05, 0) is 26.7 Å². The van der Waals surface area contributed by atoms with E-state index in [9.17, 15) is 4.79 Å². The molecule has 0 spiro atoms. The van der Waals surface area contributed by atoms with E-state index in [1.165, 1.54) is 5.35 Å². The van der Waals surface area contributed by atoms with Crippen LogP contribution in [0.2, 0.25) is 0 Å². The van der Waals surface area contributed by atoms with Gasteiger partial charge in [-0.25, -0.2) is 4.79 Å². The number of fused-ring (bicyclic) bond motifs is 3. The second kappa shape index (κ2) is 2.75. The Hall–Kier alpha value is -1.51. The Kier molecular flexibility index (Phi) is 1.61. The second-order valence-corrected chi connectivity index (χ2v) is 4.20. The van der Waals surface area contributed by atoms with Crippen LogP contribution in [-0.2, 0) is 11.3 Å². The van der Waals surface area contributed by atoms with Crippen molar-refractivity contribution in [2.24, 2.45) is 0 Å². The molecule has 3 heterocycles. The third kappa shape index (κ3) is 0.978. The van der Waals surface area contributed by atoms with E-state index in [0.717, 1.165) is 41.6 Å². The predicted octanol–water partition coefficient (Wildman–Crippen LogP) is 0.460. The fourth-order valence-corrected chi connectivity index (χ4v) is 2.49. The van der Waals surface area contributed by atoms with Crippen molar-refractivity contribution < 1.29 is 9.53 Å². The molecule has 0 aromatic carbocycles. The van der Waals surface area contributed by atoms with Gasteiger partial charge < -0.3 is 9.30 Å². The van der Waals surface area contributed by atoms with Gasteiger partial charge >= 0.3 is 5.97 Å². The molecule has 0 bridgehead atoms. The number of aromatic nitrogens is 1. The average molecular weight is 203 g/mol. The average Bonchev–Trinajstić information content (AvgIpc) is 2.68. The third-order valence-electron chi connectivity index (χ3n) is 3.28. The molecule has 3 heteroatoms. The van der Waals surface area contributed by atoms with E-state index in [1.807, 2.05) is 13.8 Å². The zero-order valence-corrected chi connectivity index (χ0v) is 8.96. The van der Waals surface area contributed by atoms with Crippen molar-refractivity contribution >= 4 is 17.6 Å². The van der Waals surface area contributed by atoms with Crippen LogP contribution in [0.5, 0.6) is 5.75 Å². The summed E-state index contributed by atoms with van der Waals surface area (Å²) in [4.78, 5) is 11.4. The Morgan fingerprint density at radius 2 is 2.20 bits per heavy atom. The molecular weight excluding hydrogens is 190 g/mol. The van der Waals surface area contributed by atoms with Crippen molar-refractivity contribution in [3.63, 3.8) is 0 Å². The molecule has 3 nitrogen and oxygen atoms in total. The van der Waals surface area contributed by atoms with Gasteiger partial charge in [-0.2, -0.15) is 0 Å². The lowest BCUT2D eigenvalue weighted by Crippen LogP contribution is -2.30. The van der Waals surface area contributed by atoms with Crippen LogP contribution in [0.25, 0.3) is 11.6 Å². The minimum absolute atomic E-state index is 0.191. The number of ether oxygens (including phenoxy) is 1. The highest BCUT2D eigenvalue weighted by Gasteiger charge is 2.26. The van der Waals surface area contributed by atoms with Crippen molar-refractivity contribution in [3.8, 4) is 5.75 Å². The lowest BCUT2D eigenvalue weighted by molar-refractivity contribution is -0.127. The maximum absolute atomic E-state index is 11.4. The second-order valence-electron chi connectivity index (χ2n) is 4.20. The van der Waals surface area contributed by atoms with Crippen LogP contribution in [0.4, 0.5) is 0 Å². The first-order chi connectivity index (χ1) is 7.20. The highest BCUT2D eigenvalue weighted by molar-refractivity contribution is 6.12. The largest absolute Gasteiger partial charge is 0.420 e. The van der Waals surface area contributed by atoms with Crippen LogP contribution in [0.1, 0.15) is 25.3 Å². The van der Waals surface area contributed by atoms with Crippen LogP contribution in [0.15, 0.2) is 0 Å². The van der Waals surface area contributed by atoms with Crippen molar-refractivity contribution in [2.45, 2.75) is 33.2 Å². The molecular formula is C12H13NO2. The van der Waals surface area contributed by atoms with Crippen molar-refractivity contribution in [1.29, 1.82) is 0 Å². The van der Waals surface area contributed by atoms with Gasteiger partial charge in [-0.15, -0.1) is 0 Å². The van der Waals surface area contributed by atoms with Crippen LogP contribution in [0.3, 0.4) is 0 Å². The molecule has 2 aliphatic heterocycles. The Bertz CT molecular complexity index is 578. The van der Waals surface area contributed by atoms with Gasteiger partial charge in [0, 0.05) is 17.5 Å². The summed E-state index contributed by atoms with van der Waals surface area (Å²) in [6.07, 6.45) is 4.50. The molecule has 78 valence electrons. The molecule has 0 radical (unpaired) electrons. The summed E-state index contributed by atoms with van der Waals surface area (Å²) in [5.41, 5.74) is 1.85. The minimum atomic E-state index is -0.191. The molecule has 2 aliphatic rings. The van der Waals surface area contributed by atoms with Gasteiger partial charge in [-0.3, -0.25) is 0 Å². The monoisotopic (exact) mass is 203 g/mol. The summed E-state index contributed by atoms with van der Waals surface area (Å²) in [6.45, 7) is 4.86. The summed E-state index contributed by atoms with van der Waals surface area (Å²) >= 11 is 0. The Balaban J connectivity index is 2.50. The smallest absolute Gasteiger partial charge is 0.341 e. The first-order valence-corrected chi connectivity index (χ1v) is 5.32. The summed E-state index contributed by atoms with van der Waals surface area (Å²) < 4.78 is 7.50. The van der Waals surface area contributed by atoms with Crippen LogP contribution in [0, 0.1) is 6.92 Å². The summed E-state index contributed by atoms with van der Waals surface area (Å²) in [6, 6.07) is 0. The molecule has 0 atom stereocenters. The number of carbonyl (C=O) groups is 1. The van der Waals surface area contributed by atoms with E-state index in [0.29, 0.717) is 0 Å². The molecule has 0 amide bonds. The lowest BCUT2D eigenvalue weighted by Gasteiger charge is -2.09. The quantitative estimate of drug-likeness (QED) is 0.574. The first-order valence-electron chi connectivity index (χ1n) is 5.32. The van der Waals surface area contributed by atoms with Crippen LogP contribution < -0.4 is 15.4 Å². The third-order valence-corrected chi connectivity index (χ3v) is 3.28.